The van der Waals surface area contributed by atoms with E-state index in [0.29, 0.717) is 27.3 Å². The van der Waals surface area contributed by atoms with Crippen molar-refractivity contribution in [3.63, 3.8) is 0 Å². The third kappa shape index (κ3) is 6.03. The second-order valence-corrected chi connectivity index (χ2v) is 10.8. The van der Waals surface area contributed by atoms with Crippen LogP contribution in [-0.4, -0.2) is 37.1 Å². The van der Waals surface area contributed by atoms with Crippen LogP contribution in [0.5, 0.6) is 0 Å². The smallest absolute Gasteiger partial charge is 0.244 e. The third-order valence-electron chi connectivity index (χ3n) is 5.58. The average Bonchev–Trinajstić information content (AvgIpc) is 2.75. The minimum atomic E-state index is -4.02. The Morgan fingerprint density at radius 2 is 1.53 bits per heavy atom. The molecule has 0 atom stereocenters. The molecule has 0 radical (unpaired) electrons. The Labute approximate surface area is 205 Å². The van der Waals surface area contributed by atoms with Crippen LogP contribution in [0.3, 0.4) is 0 Å². The van der Waals surface area contributed by atoms with Gasteiger partial charge in [0.2, 0.25) is 15.9 Å². The average molecular weight is 503 g/mol. The minimum Gasteiger partial charge on any atom is -0.340 e. The van der Waals surface area contributed by atoms with Gasteiger partial charge in [-0.15, -0.1) is 0 Å². The van der Waals surface area contributed by atoms with Crippen LogP contribution in [0.2, 0.25) is 5.02 Å². The number of hydrogen-bond donors (Lipinski definition) is 0. The van der Waals surface area contributed by atoms with Crippen LogP contribution in [0.15, 0.2) is 65.6 Å². The molecule has 0 aromatic heterocycles. The van der Waals surface area contributed by atoms with Crippen LogP contribution >= 0.6 is 11.6 Å². The summed E-state index contributed by atoms with van der Waals surface area (Å²) in [4.78, 5) is 14.6. The van der Waals surface area contributed by atoms with E-state index in [2.05, 4.69) is 0 Å². The molecule has 8 heteroatoms. The Kier molecular flexibility index (Phi) is 8.13. The topological polar surface area (TPSA) is 57.7 Å². The summed E-state index contributed by atoms with van der Waals surface area (Å²) in [6.45, 7) is 5.04. The number of carbonyl (C=O) groups is 1. The van der Waals surface area contributed by atoms with E-state index >= 15 is 0 Å². The first-order valence-corrected chi connectivity index (χ1v) is 12.6. The number of rotatable bonds is 8. The molecule has 1 amide bonds. The standard InChI is InChI=1S/C26H28ClFN2O3S/c1-18-13-19(2)26(20(3)14-18)34(32,33)30(15-21-9-11-23(27)12-10-21)17-25(31)29(4)16-22-7-5-6-8-24(22)28/h5-14H,15-17H2,1-4H3. The second-order valence-electron chi connectivity index (χ2n) is 8.47. The van der Waals surface area contributed by atoms with Gasteiger partial charge in [0.05, 0.1) is 11.4 Å². The quantitative estimate of drug-likeness (QED) is 0.422. The number of amides is 1. The maximum Gasteiger partial charge on any atom is 0.244 e. The van der Waals surface area contributed by atoms with Gasteiger partial charge in [-0.25, -0.2) is 12.8 Å². The Hall–Kier alpha value is -2.74. The largest absolute Gasteiger partial charge is 0.340 e. The molecule has 5 nitrogen and oxygen atoms in total. The van der Waals surface area contributed by atoms with Crippen LogP contribution < -0.4 is 0 Å². The summed E-state index contributed by atoms with van der Waals surface area (Å²) in [7, 11) is -2.49. The normalized spacial score (nSPS) is 11.6. The maximum absolute atomic E-state index is 14.1. The van der Waals surface area contributed by atoms with Crippen molar-refractivity contribution in [1.29, 1.82) is 0 Å². The molecule has 0 unspecified atom stereocenters. The van der Waals surface area contributed by atoms with Crippen molar-refractivity contribution in [2.75, 3.05) is 13.6 Å². The second kappa shape index (κ2) is 10.7. The minimum absolute atomic E-state index is 0.00840. The molecule has 3 aromatic carbocycles. The summed E-state index contributed by atoms with van der Waals surface area (Å²) >= 11 is 5.98. The predicted octanol–water partition coefficient (Wildman–Crippen LogP) is 5.25. The molecule has 3 aromatic rings. The van der Waals surface area contributed by atoms with E-state index in [0.717, 1.165) is 5.56 Å². The molecule has 0 spiro atoms. The number of likely N-dealkylation sites (N-methyl/N-ethyl adjacent to an activating group) is 1. The fourth-order valence-electron chi connectivity index (χ4n) is 3.96. The lowest BCUT2D eigenvalue weighted by Crippen LogP contribution is -2.41. The zero-order chi connectivity index (χ0) is 25.0. The first kappa shape index (κ1) is 25.9. The fourth-order valence-corrected chi connectivity index (χ4v) is 5.88. The number of nitrogens with zero attached hydrogens (tertiary/aromatic N) is 2. The van der Waals surface area contributed by atoms with Crippen molar-refractivity contribution in [1.82, 2.24) is 9.21 Å². The maximum atomic E-state index is 14.1. The lowest BCUT2D eigenvalue weighted by atomic mass is 10.1. The monoisotopic (exact) mass is 502 g/mol. The van der Waals surface area contributed by atoms with Crippen LogP contribution in [0, 0.1) is 26.6 Å². The molecular formula is C26H28ClFN2O3S. The molecule has 0 aliphatic rings. The lowest BCUT2D eigenvalue weighted by Gasteiger charge is -2.26. The molecule has 0 aliphatic carbocycles. The molecule has 0 fully saturated rings. The van der Waals surface area contributed by atoms with E-state index in [1.54, 1.807) is 56.3 Å². The van der Waals surface area contributed by atoms with Gasteiger partial charge >= 0.3 is 0 Å². The van der Waals surface area contributed by atoms with Gasteiger partial charge in [0.15, 0.2) is 0 Å². The van der Waals surface area contributed by atoms with Crippen LogP contribution in [0.4, 0.5) is 4.39 Å². The molecule has 0 heterocycles. The van der Waals surface area contributed by atoms with E-state index in [9.17, 15) is 17.6 Å². The number of carbonyl (C=O) groups excluding carboxylic acids is 1. The van der Waals surface area contributed by atoms with Gasteiger partial charge in [-0.3, -0.25) is 4.79 Å². The summed E-state index contributed by atoms with van der Waals surface area (Å²) in [5, 5.41) is 0.532. The summed E-state index contributed by atoms with van der Waals surface area (Å²) in [5.41, 5.74) is 3.24. The lowest BCUT2D eigenvalue weighted by molar-refractivity contribution is -0.130. The molecule has 0 bridgehead atoms. The van der Waals surface area contributed by atoms with Gasteiger partial charge in [-0.1, -0.05) is 59.6 Å². The predicted molar refractivity (Wildman–Crippen MR) is 133 cm³/mol. The zero-order valence-corrected chi connectivity index (χ0v) is 21.3. The molecular weight excluding hydrogens is 475 g/mol. The fraction of sp³-hybridized carbons (Fsp3) is 0.269. The highest BCUT2D eigenvalue weighted by Gasteiger charge is 2.31. The van der Waals surface area contributed by atoms with Crippen molar-refractivity contribution in [3.8, 4) is 0 Å². The molecule has 0 saturated carbocycles. The van der Waals surface area contributed by atoms with Crippen molar-refractivity contribution in [2.45, 2.75) is 38.8 Å². The van der Waals surface area contributed by atoms with E-state index in [-0.39, 0.29) is 24.5 Å². The number of benzene rings is 3. The summed E-state index contributed by atoms with van der Waals surface area (Å²) in [6.07, 6.45) is 0. The first-order valence-electron chi connectivity index (χ1n) is 10.8. The third-order valence-corrected chi connectivity index (χ3v) is 7.93. The number of halogens is 2. The van der Waals surface area contributed by atoms with Crippen molar-refractivity contribution < 1.29 is 17.6 Å². The zero-order valence-electron chi connectivity index (χ0n) is 19.7. The Morgan fingerprint density at radius 1 is 0.941 bits per heavy atom. The molecule has 0 N–H and O–H groups in total. The van der Waals surface area contributed by atoms with Gasteiger partial charge < -0.3 is 4.90 Å². The Morgan fingerprint density at radius 3 is 2.12 bits per heavy atom. The highest BCUT2D eigenvalue weighted by atomic mass is 35.5. The highest BCUT2D eigenvalue weighted by molar-refractivity contribution is 7.89. The van der Waals surface area contributed by atoms with Crippen molar-refractivity contribution >= 4 is 27.5 Å². The van der Waals surface area contributed by atoms with Gasteiger partial charge in [-0.2, -0.15) is 4.31 Å². The van der Waals surface area contributed by atoms with Crippen LogP contribution in [-0.2, 0) is 27.9 Å². The van der Waals surface area contributed by atoms with Gasteiger partial charge in [0, 0.05) is 30.7 Å². The van der Waals surface area contributed by atoms with E-state index in [1.165, 1.54) is 22.3 Å². The summed E-state index contributed by atoms with van der Waals surface area (Å²) < 4.78 is 42.8. The summed E-state index contributed by atoms with van der Waals surface area (Å²) in [6, 6.07) is 16.6. The summed E-state index contributed by atoms with van der Waals surface area (Å²) in [5.74, 6) is -0.859. The van der Waals surface area contributed by atoms with Crippen molar-refractivity contribution in [2.24, 2.45) is 0 Å². The number of sulfonamides is 1. The first-order chi connectivity index (χ1) is 16.0. The van der Waals surface area contributed by atoms with Gasteiger partial charge in [0.25, 0.3) is 0 Å². The van der Waals surface area contributed by atoms with Gasteiger partial charge in [-0.05, 0) is 55.7 Å². The molecule has 0 aliphatic heterocycles. The molecule has 34 heavy (non-hydrogen) atoms. The SMILES string of the molecule is Cc1cc(C)c(S(=O)(=O)N(CC(=O)N(C)Cc2ccccc2F)Cc2ccc(Cl)cc2)c(C)c1. The highest BCUT2D eigenvalue weighted by Crippen LogP contribution is 2.27. The molecule has 180 valence electrons. The van der Waals surface area contributed by atoms with E-state index in [1.807, 2.05) is 19.1 Å². The van der Waals surface area contributed by atoms with E-state index < -0.39 is 21.7 Å². The van der Waals surface area contributed by atoms with E-state index in [4.69, 9.17) is 11.6 Å². The van der Waals surface area contributed by atoms with Gasteiger partial charge in [0.1, 0.15) is 5.82 Å². The van der Waals surface area contributed by atoms with Crippen molar-refractivity contribution in [3.05, 3.63) is 99.3 Å². The molecule has 3 rings (SSSR count). The van der Waals surface area contributed by atoms with Crippen LogP contribution in [0.1, 0.15) is 27.8 Å². The Balaban J connectivity index is 1.94. The van der Waals surface area contributed by atoms with Crippen LogP contribution in [0.25, 0.3) is 0 Å². The number of aryl methyl sites for hydroxylation is 3. The number of hydrogen-bond acceptors (Lipinski definition) is 3. The molecule has 0 saturated heterocycles. The Bertz CT molecular complexity index is 1270.